The second kappa shape index (κ2) is 6.12. The highest BCUT2D eigenvalue weighted by Gasteiger charge is 2.58. The van der Waals surface area contributed by atoms with Crippen molar-refractivity contribution in [3.63, 3.8) is 0 Å². The quantitative estimate of drug-likeness (QED) is 0.704. The number of carboxylic acid groups (broad SMARTS) is 1. The zero-order chi connectivity index (χ0) is 12.9. The van der Waals surface area contributed by atoms with Gasteiger partial charge < -0.3 is 5.11 Å². The van der Waals surface area contributed by atoms with E-state index < -0.39 is 10.7 Å². The van der Waals surface area contributed by atoms with E-state index in [1.54, 1.807) is 11.8 Å². The summed E-state index contributed by atoms with van der Waals surface area (Å²) in [6.45, 7) is 6.53. The molecule has 0 aromatic carbocycles. The molecule has 0 aromatic heterocycles. The van der Waals surface area contributed by atoms with Gasteiger partial charge in [-0.05, 0) is 43.3 Å². The highest BCUT2D eigenvalue weighted by molar-refractivity contribution is 8.01. The first-order valence-corrected chi connectivity index (χ1v) is 7.90. The van der Waals surface area contributed by atoms with Crippen molar-refractivity contribution in [2.24, 2.45) is 5.41 Å². The van der Waals surface area contributed by atoms with Gasteiger partial charge in [0.15, 0.2) is 0 Å². The molecule has 17 heavy (non-hydrogen) atoms. The summed E-state index contributed by atoms with van der Waals surface area (Å²) in [6.07, 6.45) is 7.59. The van der Waals surface area contributed by atoms with Crippen molar-refractivity contribution in [3.8, 4) is 0 Å². The Balaban J connectivity index is 2.65. The van der Waals surface area contributed by atoms with E-state index in [2.05, 4.69) is 20.8 Å². The van der Waals surface area contributed by atoms with Gasteiger partial charge in [-0.15, -0.1) is 11.8 Å². The topological polar surface area (TPSA) is 37.3 Å². The maximum atomic E-state index is 11.5. The van der Waals surface area contributed by atoms with Gasteiger partial charge in [0.05, 0.1) is 0 Å². The smallest absolute Gasteiger partial charge is 0.319 e. The van der Waals surface area contributed by atoms with Gasteiger partial charge in [-0.1, -0.05) is 33.6 Å². The van der Waals surface area contributed by atoms with Crippen LogP contribution in [0.4, 0.5) is 0 Å². The fourth-order valence-electron chi connectivity index (χ4n) is 3.31. The molecule has 0 aliphatic heterocycles. The van der Waals surface area contributed by atoms with E-state index in [9.17, 15) is 9.90 Å². The molecule has 0 amide bonds. The first kappa shape index (κ1) is 14.9. The molecule has 0 bridgehead atoms. The molecule has 1 N–H and O–H groups in total. The van der Waals surface area contributed by atoms with Crippen molar-refractivity contribution in [3.05, 3.63) is 0 Å². The predicted octanol–water partition coefficient (Wildman–Crippen LogP) is 4.33. The summed E-state index contributed by atoms with van der Waals surface area (Å²) >= 11 is 1.67. The molecule has 0 saturated heterocycles. The van der Waals surface area contributed by atoms with E-state index in [1.807, 2.05) is 0 Å². The lowest BCUT2D eigenvalue weighted by Gasteiger charge is -2.54. The van der Waals surface area contributed by atoms with Crippen LogP contribution in [-0.4, -0.2) is 21.6 Å². The zero-order valence-corrected chi connectivity index (χ0v) is 12.2. The van der Waals surface area contributed by atoms with Crippen molar-refractivity contribution in [2.45, 2.75) is 70.5 Å². The van der Waals surface area contributed by atoms with Crippen LogP contribution in [0, 0.1) is 5.41 Å². The Kier molecular flexibility index (Phi) is 5.36. The van der Waals surface area contributed by atoms with Gasteiger partial charge in [-0.3, -0.25) is 4.79 Å². The number of carboxylic acids is 1. The number of hydrogen-bond acceptors (Lipinski definition) is 2. The molecule has 0 aromatic rings. The van der Waals surface area contributed by atoms with E-state index in [0.717, 1.165) is 25.0 Å². The summed E-state index contributed by atoms with van der Waals surface area (Å²) < 4.78 is -0.458. The first-order valence-electron chi connectivity index (χ1n) is 6.91. The van der Waals surface area contributed by atoms with E-state index in [0.29, 0.717) is 5.41 Å². The number of thioether (sulfide) groups is 1. The summed E-state index contributed by atoms with van der Waals surface area (Å²) in [7, 11) is 0. The number of aliphatic carboxylic acids is 1. The molecular formula is C14H26O2S. The molecule has 0 spiro atoms. The minimum atomic E-state index is -0.584. The van der Waals surface area contributed by atoms with Gasteiger partial charge in [-0.2, -0.15) is 0 Å². The minimum Gasteiger partial charge on any atom is -0.480 e. The van der Waals surface area contributed by atoms with Gasteiger partial charge in [0.1, 0.15) is 4.75 Å². The summed E-state index contributed by atoms with van der Waals surface area (Å²) in [5, 5.41) is 9.46. The van der Waals surface area contributed by atoms with Crippen LogP contribution in [0.15, 0.2) is 0 Å². The maximum Gasteiger partial charge on any atom is 0.319 e. The van der Waals surface area contributed by atoms with Crippen LogP contribution < -0.4 is 0 Å². The van der Waals surface area contributed by atoms with Crippen molar-refractivity contribution >= 4 is 17.7 Å². The van der Waals surface area contributed by atoms with Crippen LogP contribution in [-0.2, 0) is 4.79 Å². The summed E-state index contributed by atoms with van der Waals surface area (Å²) in [5.41, 5.74) is 0.336. The third kappa shape index (κ3) is 3.18. The molecular weight excluding hydrogens is 232 g/mol. The molecule has 100 valence electrons. The third-order valence-electron chi connectivity index (χ3n) is 3.85. The molecule has 1 aliphatic rings. The first-order chi connectivity index (χ1) is 8.04. The fourth-order valence-corrected chi connectivity index (χ4v) is 4.85. The molecule has 1 saturated carbocycles. The van der Waals surface area contributed by atoms with Crippen LogP contribution in [0.25, 0.3) is 0 Å². The second-order valence-corrected chi connectivity index (χ2v) is 6.98. The van der Waals surface area contributed by atoms with Gasteiger partial charge in [0.25, 0.3) is 0 Å². The average Bonchev–Trinajstić information content (AvgIpc) is 2.23. The molecule has 0 heterocycles. The Hall–Kier alpha value is -0.180. The zero-order valence-electron chi connectivity index (χ0n) is 11.4. The Bertz CT molecular complexity index is 249. The Morgan fingerprint density at radius 2 is 1.65 bits per heavy atom. The predicted molar refractivity (Wildman–Crippen MR) is 74.6 cm³/mol. The molecule has 0 radical (unpaired) electrons. The van der Waals surface area contributed by atoms with Gasteiger partial charge >= 0.3 is 5.97 Å². The van der Waals surface area contributed by atoms with Crippen LogP contribution in [0.3, 0.4) is 0 Å². The molecule has 1 fully saturated rings. The minimum absolute atomic E-state index is 0.336. The highest BCUT2D eigenvalue weighted by atomic mass is 32.2. The Morgan fingerprint density at radius 3 is 2.00 bits per heavy atom. The van der Waals surface area contributed by atoms with Gasteiger partial charge in [0, 0.05) is 0 Å². The lowest BCUT2D eigenvalue weighted by molar-refractivity contribution is -0.147. The average molecular weight is 258 g/mol. The van der Waals surface area contributed by atoms with Crippen molar-refractivity contribution in [2.75, 3.05) is 5.75 Å². The summed E-state index contributed by atoms with van der Waals surface area (Å²) in [4.78, 5) is 11.5. The monoisotopic (exact) mass is 258 g/mol. The van der Waals surface area contributed by atoms with Crippen LogP contribution in [0.2, 0.25) is 0 Å². The van der Waals surface area contributed by atoms with Gasteiger partial charge in [0.2, 0.25) is 0 Å². The molecule has 1 aliphatic carbocycles. The van der Waals surface area contributed by atoms with Gasteiger partial charge in [-0.25, -0.2) is 0 Å². The number of rotatable bonds is 8. The molecule has 2 nitrogen and oxygen atoms in total. The second-order valence-electron chi connectivity index (χ2n) is 5.50. The van der Waals surface area contributed by atoms with Crippen LogP contribution in [0.5, 0.6) is 0 Å². The standard InChI is InChI=1S/C14H26O2S/c1-4-7-13(8-5-2)10-14(11-13,12(15)16)17-9-6-3/h4-11H2,1-3H3,(H,15,16). The van der Waals surface area contributed by atoms with Crippen molar-refractivity contribution in [1.29, 1.82) is 0 Å². The molecule has 0 atom stereocenters. The summed E-state index contributed by atoms with van der Waals surface area (Å²) in [6, 6.07) is 0. The molecule has 1 rings (SSSR count). The van der Waals surface area contributed by atoms with E-state index >= 15 is 0 Å². The lowest BCUT2D eigenvalue weighted by Crippen LogP contribution is -2.54. The van der Waals surface area contributed by atoms with Crippen LogP contribution in [0.1, 0.15) is 65.7 Å². The number of carbonyl (C=O) groups is 1. The fraction of sp³-hybridized carbons (Fsp3) is 0.929. The number of hydrogen-bond donors (Lipinski definition) is 1. The summed E-state index contributed by atoms with van der Waals surface area (Å²) in [5.74, 6) is 0.388. The lowest BCUT2D eigenvalue weighted by atomic mass is 9.57. The third-order valence-corrected chi connectivity index (χ3v) is 5.48. The van der Waals surface area contributed by atoms with Crippen molar-refractivity contribution < 1.29 is 9.90 Å². The van der Waals surface area contributed by atoms with Crippen LogP contribution >= 0.6 is 11.8 Å². The molecule has 3 heteroatoms. The largest absolute Gasteiger partial charge is 0.480 e. The van der Waals surface area contributed by atoms with Crippen molar-refractivity contribution in [1.82, 2.24) is 0 Å². The maximum absolute atomic E-state index is 11.5. The van der Waals surface area contributed by atoms with E-state index in [-0.39, 0.29) is 0 Å². The normalized spacial score (nSPS) is 20.9. The highest BCUT2D eigenvalue weighted by Crippen LogP contribution is 2.60. The SMILES string of the molecule is CCCSC1(C(=O)O)CC(CCC)(CCC)C1. The van der Waals surface area contributed by atoms with E-state index in [1.165, 1.54) is 25.7 Å². The Labute approximate surface area is 110 Å². The Morgan fingerprint density at radius 1 is 1.12 bits per heavy atom. The van der Waals surface area contributed by atoms with E-state index in [4.69, 9.17) is 0 Å². The molecule has 0 unspecified atom stereocenters.